The van der Waals surface area contributed by atoms with E-state index in [4.69, 9.17) is 4.42 Å². The monoisotopic (exact) mass is 341 g/mol. The van der Waals surface area contributed by atoms with E-state index in [1.807, 2.05) is 37.3 Å². The molecule has 132 valence electrons. The second kappa shape index (κ2) is 7.88. The summed E-state index contributed by atoms with van der Waals surface area (Å²) in [5.41, 5.74) is 1.49. The first-order valence-corrected chi connectivity index (χ1v) is 8.65. The Hall–Kier alpha value is -2.76. The molecular formula is C19H23N3O3. The number of piperidine rings is 1. The van der Waals surface area contributed by atoms with Crippen LogP contribution in [0.3, 0.4) is 0 Å². The van der Waals surface area contributed by atoms with Crippen LogP contribution < -0.4 is 10.6 Å². The van der Waals surface area contributed by atoms with Gasteiger partial charge in [0, 0.05) is 36.8 Å². The zero-order valence-corrected chi connectivity index (χ0v) is 14.3. The molecule has 2 heterocycles. The van der Waals surface area contributed by atoms with Gasteiger partial charge in [0.05, 0.1) is 6.26 Å². The molecule has 2 N–H and O–H groups in total. The molecule has 6 nitrogen and oxygen atoms in total. The minimum atomic E-state index is -0.0927. The summed E-state index contributed by atoms with van der Waals surface area (Å²) in [5, 5.41) is 5.88. The summed E-state index contributed by atoms with van der Waals surface area (Å²) in [6, 6.07) is 11.1. The largest absolute Gasteiger partial charge is 0.464 e. The predicted molar refractivity (Wildman–Crippen MR) is 95.3 cm³/mol. The number of nitrogens with zero attached hydrogens (tertiary/aromatic N) is 1. The second-order valence-corrected chi connectivity index (χ2v) is 6.13. The fraction of sp³-hybridized carbons (Fsp3) is 0.368. The van der Waals surface area contributed by atoms with Crippen LogP contribution in [0.25, 0.3) is 11.3 Å². The first-order valence-electron chi connectivity index (χ1n) is 8.65. The summed E-state index contributed by atoms with van der Waals surface area (Å²) in [4.78, 5) is 26.1. The van der Waals surface area contributed by atoms with Crippen LogP contribution >= 0.6 is 0 Å². The number of likely N-dealkylation sites (tertiary alicyclic amines) is 1. The number of carbonyl (C=O) groups excluding carboxylic acids is 2. The highest BCUT2D eigenvalue weighted by molar-refractivity contribution is 5.95. The molecule has 1 aliphatic heterocycles. The van der Waals surface area contributed by atoms with Crippen molar-refractivity contribution < 1.29 is 14.0 Å². The van der Waals surface area contributed by atoms with Crippen LogP contribution in [0.1, 0.15) is 30.1 Å². The van der Waals surface area contributed by atoms with Crippen molar-refractivity contribution in [2.45, 2.75) is 25.8 Å². The van der Waals surface area contributed by atoms with Crippen molar-refractivity contribution in [2.24, 2.45) is 0 Å². The highest BCUT2D eigenvalue weighted by Crippen LogP contribution is 2.21. The SMILES string of the molecule is CCNC(=O)N1CCC(NC(=O)c2cccc(-c3ccco3)c2)CC1. The van der Waals surface area contributed by atoms with Crippen LogP contribution in [0.4, 0.5) is 4.79 Å². The summed E-state index contributed by atoms with van der Waals surface area (Å²) in [6.07, 6.45) is 3.14. The minimum Gasteiger partial charge on any atom is -0.464 e. The Morgan fingerprint density at radius 3 is 2.68 bits per heavy atom. The zero-order chi connectivity index (χ0) is 17.6. The van der Waals surface area contributed by atoms with Crippen LogP contribution in [0.5, 0.6) is 0 Å². The predicted octanol–water partition coefficient (Wildman–Crippen LogP) is 2.87. The molecule has 3 amide bonds. The van der Waals surface area contributed by atoms with E-state index in [-0.39, 0.29) is 18.0 Å². The Kier molecular flexibility index (Phi) is 5.38. The molecule has 1 fully saturated rings. The van der Waals surface area contributed by atoms with Crippen molar-refractivity contribution in [2.75, 3.05) is 19.6 Å². The molecular weight excluding hydrogens is 318 g/mol. The molecule has 0 spiro atoms. The van der Waals surface area contributed by atoms with Crippen LogP contribution in [0.15, 0.2) is 47.1 Å². The van der Waals surface area contributed by atoms with Gasteiger partial charge in [-0.05, 0) is 44.0 Å². The fourth-order valence-corrected chi connectivity index (χ4v) is 3.02. The summed E-state index contributed by atoms with van der Waals surface area (Å²) >= 11 is 0. The van der Waals surface area contributed by atoms with E-state index in [0.717, 1.165) is 24.2 Å². The minimum absolute atomic E-state index is 0.0292. The third kappa shape index (κ3) is 4.21. The van der Waals surface area contributed by atoms with E-state index in [1.54, 1.807) is 17.2 Å². The van der Waals surface area contributed by atoms with E-state index in [9.17, 15) is 9.59 Å². The maximum absolute atomic E-state index is 12.5. The van der Waals surface area contributed by atoms with Gasteiger partial charge in [-0.15, -0.1) is 0 Å². The van der Waals surface area contributed by atoms with Crippen molar-refractivity contribution in [3.05, 3.63) is 48.2 Å². The fourth-order valence-electron chi connectivity index (χ4n) is 3.02. The molecule has 1 aromatic carbocycles. The number of amides is 3. The normalized spacial score (nSPS) is 15.0. The molecule has 0 radical (unpaired) electrons. The van der Waals surface area contributed by atoms with E-state index >= 15 is 0 Å². The van der Waals surface area contributed by atoms with E-state index in [2.05, 4.69) is 10.6 Å². The molecule has 0 aliphatic carbocycles. The molecule has 6 heteroatoms. The second-order valence-electron chi connectivity index (χ2n) is 6.13. The van der Waals surface area contributed by atoms with Crippen LogP contribution in [-0.4, -0.2) is 42.5 Å². The molecule has 1 aromatic heterocycles. The Labute approximate surface area is 147 Å². The molecule has 0 bridgehead atoms. The van der Waals surface area contributed by atoms with Gasteiger partial charge in [-0.3, -0.25) is 4.79 Å². The highest BCUT2D eigenvalue weighted by Gasteiger charge is 2.23. The van der Waals surface area contributed by atoms with Gasteiger partial charge in [-0.2, -0.15) is 0 Å². The van der Waals surface area contributed by atoms with Crippen LogP contribution in [0, 0.1) is 0 Å². The van der Waals surface area contributed by atoms with Crippen molar-refractivity contribution >= 4 is 11.9 Å². The molecule has 25 heavy (non-hydrogen) atoms. The van der Waals surface area contributed by atoms with Crippen LogP contribution in [0.2, 0.25) is 0 Å². The Morgan fingerprint density at radius 1 is 1.20 bits per heavy atom. The van der Waals surface area contributed by atoms with Crippen LogP contribution in [-0.2, 0) is 0 Å². The quantitative estimate of drug-likeness (QED) is 0.898. The maximum atomic E-state index is 12.5. The number of urea groups is 1. The number of benzene rings is 1. The van der Waals surface area contributed by atoms with Crippen molar-refractivity contribution in [3.8, 4) is 11.3 Å². The smallest absolute Gasteiger partial charge is 0.317 e. The molecule has 0 unspecified atom stereocenters. The van der Waals surface area contributed by atoms with Gasteiger partial charge in [-0.25, -0.2) is 4.79 Å². The molecule has 0 saturated carbocycles. The first-order chi connectivity index (χ1) is 12.2. The zero-order valence-electron chi connectivity index (χ0n) is 14.3. The standard InChI is InChI=1S/C19H23N3O3/c1-2-20-19(24)22-10-8-16(9-11-22)21-18(23)15-6-3-5-14(13-15)17-7-4-12-25-17/h3-7,12-13,16H,2,8-11H2,1H3,(H,20,24)(H,21,23). The average molecular weight is 341 g/mol. The van der Waals surface area contributed by atoms with Gasteiger partial charge in [0.25, 0.3) is 5.91 Å². The van der Waals surface area contributed by atoms with E-state index in [1.165, 1.54) is 0 Å². The molecule has 0 atom stereocenters. The number of rotatable bonds is 4. The van der Waals surface area contributed by atoms with Gasteiger partial charge in [0.15, 0.2) is 0 Å². The third-order valence-electron chi connectivity index (χ3n) is 4.38. The number of hydrogen-bond acceptors (Lipinski definition) is 3. The third-order valence-corrected chi connectivity index (χ3v) is 4.38. The molecule has 1 aliphatic rings. The summed E-state index contributed by atoms with van der Waals surface area (Å²) in [6.45, 7) is 3.84. The van der Waals surface area contributed by atoms with Gasteiger partial charge in [-0.1, -0.05) is 12.1 Å². The van der Waals surface area contributed by atoms with E-state index in [0.29, 0.717) is 25.2 Å². The highest BCUT2D eigenvalue weighted by atomic mass is 16.3. The number of carbonyl (C=O) groups is 2. The molecule has 3 rings (SSSR count). The number of nitrogens with one attached hydrogen (secondary N) is 2. The number of hydrogen-bond donors (Lipinski definition) is 2. The number of furan rings is 1. The lowest BCUT2D eigenvalue weighted by Gasteiger charge is -2.32. The lowest BCUT2D eigenvalue weighted by atomic mass is 10.0. The summed E-state index contributed by atoms with van der Waals surface area (Å²) in [7, 11) is 0. The Morgan fingerprint density at radius 2 is 2.00 bits per heavy atom. The van der Waals surface area contributed by atoms with Gasteiger partial charge >= 0.3 is 6.03 Å². The van der Waals surface area contributed by atoms with Crippen molar-refractivity contribution in [1.29, 1.82) is 0 Å². The molecule has 1 saturated heterocycles. The van der Waals surface area contributed by atoms with Gasteiger partial charge < -0.3 is 20.0 Å². The summed E-state index contributed by atoms with van der Waals surface area (Å²) in [5.74, 6) is 0.648. The lowest BCUT2D eigenvalue weighted by molar-refractivity contribution is 0.0918. The first kappa shape index (κ1) is 17.1. The van der Waals surface area contributed by atoms with Crippen molar-refractivity contribution in [1.82, 2.24) is 15.5 Å². The Balaban J connectivity index is 1.57. The topological polar surface area (TPSA) is 74.6 Å². The van der Waals surface area contributed by atoms with Gasteiger partial charge in [0.1, 0.15) is 5.76 Å². The average Bonchev–Trinajstić information content (AvgIpc) is 3.17. The van der Waals surface area contributed by atoms with Gasteiger partial charge in [0.2, 0.25) is 0 Å². The maximum Gasteiger partial charge on any atom is 0.317 e. The lowest BCUT2D eigenvalue weighted by Crippen LogP contribution is -2.49. The Bertz CT molecular complexity index is 719. The van der Waals surface area contributed by atoms with E-state index < -0.39 is 0 Å². The van der Waals surface area contributed by atoms with Crippen molar-refractivity contribution in [3.63, 3.8) is 0 Å². The summed E-state index contributed by atoms with van der Waals surface area (Å²) < 4.78 is 5.38. The molecule has 2 aromatic rings.